The van der Waals surface area contributed by atoms with E-state index in [2.05, 4.69) is 36.9 Å². The van der Waals surface area contributed by atoms with Crippen LogP contribution in [0.2, 0.25) is 10.0 Å². The van der Waals surface area contributed by atoms with E-state index in [1.54, 1.807) is 57.4 Å². The van der Waals surface area contributed by atoms with Gasteiger partial charge in [-0.3, -0.25) is 9.36 Å². The molecule has 0 radical (unpaired) electrons. The highest BCUT2D eigenvalue weighted by atomic mass is 79.9. The Hall–Kier alpha value is -2.63. The lowest BCUT2D eigenvalue weighted by Crippen LogP contribution is -2.39. The zero-order valence-corrected chi connectivity index (χ0v) is 26.8. The Morgan fingerprint density at radius 1 is 1.15 bits per heavy atom. The highest BCUT2D eigenvalue weighted by molar-refractivity contribution is 9.11. The van der Waals surface area contributed by atoms with E-state index in [1.807, 2.05) is 12.1 Å². The third-order valence-electron chi connectivity index (χ3n) is 6.14. The Morgan fingerprint density at radius 2 is 1.88 bits per heavy atom. The number of aromatic nitrogens is 1. The number of benzene rings is 2. The maximum atomic E-state index is 13.9. The molecule has 3 heterocycles. The highest BCUT2D eigenvalue weighted by Gasteiger charge is 2.35. The normalized spacial score (nSPS) is 15.2. The number of furan rings is 1. The van der Waals surface area contributed by atoms with E-state index < -0.39 is 12.0 Å². The fraction of sp³-hybridized carbons (Fsp3) is 0.179. The summed E-state index contributed by atoms with van der Waals surface area (Å²) in [7, 11) is 1.58. The van der Waals surface area contributed by atoms with Gasteiger partial charge in [0, 0.05) is 5.56 Å². The minimum absolute atomic E-state index is 0.167. The topological polar surface area (TPSA) is 83.0 Å². The lowest BCUT2D eigenvalue weighted by atomic mass is 10.0. The van der Waals surface area contributed by atoms with Crippen molar-refractivity contribution in [1.82, 2.24) is 4.57 Å². The average molecular weight is 727 g/mol. The van der Waals surface area contributed by atoms with E-state index in [0.29, 0.717) is 47.9 Å². The smallest absolute Gasteiger partial charge is 0.338 e. The summed E-state index contributed by atoms with van der Waals surface area (Å²) in [5, 5.41) is 0.799. The van der Waals surface area contributed by atoms with E-state index in [1.165, 1.54) is 15.9 Å². The van der Waals surface area contributed by atoms with Gasteiger partial charge in [0.15, 0.2) is 4.80 Å². The summed E-state index contributed by atoms with van der Waals surface area (Å²) in [6.07, 6.45) is 1.77. The summed E-state index contributed by atoms with van der Waals surface area (Å²) in [5.74, 6) is 0.949. The molecule has 0 N–H and O–H groups in total. The molecular formula is C28H20Br2Cl2N2O5S. The molecule has 0 aliphatic carbocycles. The van der Waals surface area contributed by atoms with Gasteiger partial charge in [-0.2, -0.15) is 0 Å². The molecule has 1 aliphatic heterocycles. The first-order chi connectivity index (χ1) is 19.1. The molecule has 12 heteroatoms. The number of rotatable bonds is 6. The van der Waals surface area contributed by atoms with Gasteiger partial charge in [0.05, 0.1) is 48.5 Å². The van der Waals surface area contributed by atoms with Crippen LogP contribution in [0, 0.1) is 0 Å². The molecule has 0 saturated carbocycles. The largest absolute Gasteiger partial charge is 0.494 e. The number of carbonyl (C=O) groups excluding carboxylic acids is 1. The van der Waals surface area contributed by atoms with Gasteiger partial charge in [0.1, 0.15) is 23.3 Å². The van der Waals surface area contributed by atoms with Crippen LogP contribution in [0.15, 0.2) is 76.9 Å². The minimum Gasteiger partial charge on any atom is -0.494 e. The summed E-state index contributed by atoms with van der Waals surface area (Å²) >= 11 is 20.5. The number of fused-ring (bicyclic) bond motifs is 1. The first-order valence-electron chi connectivity index (χ1n) is 11.9. The van der Waals surface area contributed by atoms with Gasteiger partial charge in [-0.05, 0) is 99.8 Å². The first-order valence-corrected chi connectivity index (χ1v) is 15.1. The first kappa shape index (κ1) is 28.9. The summed E-state index contributed by atoms with van der Waals surface area (Å²) < 4.78 is 20.3. The number of halogens is 4. The van der Waals surface area contributed by atoms with Crippen LogP contribution in [0.5, 0.6) is 5.75 Å². The second-order valence-corrected chi connectivity index (χ2v) is 12.2. The van der Waals surface area contributed by atoms with Crippen LogP contribution in [-0.2, 0) is 9.53 Å². The molecule has 1 atom stereocenters. The quantitative estimate of drug-likeness (QED) is 0.202. The zero-order valence-electron chi connectivity index (χ0n) is 21.3. The van der Waals surface area contributed by atoms with Crippen LogP contribution in [0.25, 0.3) is 17.4 Å². The molecule has 0 fully saturated rings. The SMILES string of the molecule is CCOC(=O)C1=C(C)N=c2s/c(=C\c3cc(Br)c(OC)c(Br)c3)c(=O)n2[C@@H]1c1ccc(-c2ccc(Cl)c(Cl)c2)o1. The van der Waals surface area contributed by atoms with Gasteiger partial charge in [0.25, 0.3) is 5.56 Å². The molecule has 0 bridgehead atoms. The van der Waals surface area contributed by atoms with Gasteiger partial charge in [-0.25, -0.2) is 9.79 Å². The van der Waals surface area contributed by atoms with Gasteiger partial charge in [0.2, 0.25) is 0 Å². The van der Waals surface area contributed by atoms with Crippen molar-refractivity contribution in [2.24, 2.45) is 4.99 Å². The predicted octanol–water partition coefficient (Wildman–Crippen LogP) is 6.90. The zero-order chi connectivity index (χ0) is 28.7. The van der Waals surface area contributed by atoms with E-state index in [-0.39, 0.29) is 17.7 Å². The molecule has 7 nitrogen and oxygen atoms in total. The number of thiazole rings is 1. The number of ether oxygens (including phenoxy) is 2. The molecule has 40 heavy (non-hydrogen) atoms. The van der Waals surface area contributed by atoms with Crippen molar-refractivity contribution in [3.8, 4) is 17.1 Å². The molecule has 4 aromatic rings. The summed E-state index contributed by atoms with van der Waals surface area (Å²) in [6.45, 7) is 3.61. The lowest BCUT2D eigenvalue weighted by molar-refractivity contribution is -0.139. The van der Waals surface area contributed by atoms with Gasteiger partial charge >= 0.3 is 5.97 Å². The second kappa shape index (κ2) is 11.7. The van der Waals surface area contributed by atoms with Crippen molar-refractivity contribution in [2.75, 3.05) is 13.7 Å². The van der Waals surface area contributed by atoms with Crippen molar-refractivity contribution >= 4 is 78.4 Å². The Kier molecular flexibility index (Phi) is 8.45. The molecule has 5 rings (SSSR count). The van der Waals surface area contributed by atoms with Crippen molar-refractivity contribution < 1.29 is 18.7 Å². The van der Waals surface area contributed by atoms with E-state index in [9.17, 15) is 9.59 Å². The van der Waals surface area contributed by atoms with Crippen molar-refractivity contribution in [3.05, 3.63) is 104 Å². The summed E-state index contributed by atoms with van der Waals surface area (Å²) in [6, 6.07) is 11.5. The Labute approximate surface area is 259 Å². The molecule has 2 aromatic heterocycles. The van der Waals surface area contributed by atoms with Crippen LogP contribution in [0.1, 0.15) is 31.2 Å². The molecule has 0 unspecified atom stereocenters. The molecule has 0 spiro atoms. The Balaban J connectivity index is 1.68. The van der Waals surface area contributed by atoms with E-state index >= 15 is 0 Å². The number of esters is 1. The highest BCUT2D eigenvalue weighted by Crippen LogP contribution is 2.36. The monoisotopic (exact) mass is 724 g/mol. The summed E-state index contributed by atoms with van der Waals surface area (Å²) in [4.78, 5) is 32.1. The van der Waals surface area contributed by atoms with Crippen molar-refractivity contribution in [3.63, 3.8) is 0 Å². The van der Waals surface area contributed by atoms with Crippen LogP contribution < -0.4 is 19.6 Å². The van der Waals surface area contributed by atoms with Gasteiger partial charge in [-0.1, -0.05) is 34.5 Å². The lowest BCUT2D eigenvalue weighted by Gasteiger charge is -2.22. The molecule has 2 aromatic carbocycles. The van der Waals surface area contributed by atoms with Crippen LogP contribution >= 0.6 is 66.4 Å². The number of hydrogen-bond donors (Lipinski definition) is 0. The Bertz CT molecular complexity index is 1850. The van der Waals surface area contributed by atoms with Gasteiger partial charge in [-0.15, -0.1) is 0 Å². The van der Waals surface area contributed by atoms with Crippen LogP contribution in [-0.4, -0.2) is 24.3 Å². The number of allylic oxidation sites excluding steroid dienone is 1. The standard InChI is InChI=1S/C28H20Br2Cl2N2O5S/c1-4-38-27(36)23-13(2)33-28-34(24(23)21-8-7-20(39-21)15-5-6-18(31)19(32)12-15)26(35)22(40-28)11-14-9-16(29)25(37-3)17(30)10-14/h5-12,24H,4H2,1-3H3/b22-11-/t24-/m1/s1. The number of methoxy groups -OCH3 is 1. The predicted molar refractivity (Wildman–Crippen MR) is 163 cm³/mol. The number of hydrogen-bond acceptors (Lipinski definition) is 7. The fourth-order valence-electron chi connectivity index (χ4n) is 4.37. The van der Waals surface area contributed by atoms with Crippen molar-refractivity contribution in [2.45, 2.75) is 19.9 Å². The van der Waals surface area contributed by atoms with Crippen LogP contribution in [0.4, 0.5) is 0 Å². The minimum atomic E-state index is -0.886. The molecule has 206 valence electrons. The maximum absolute atomic E-state index is 13.9. The average Bonchev–Trinajstić information content (AvgIpc) is 3.50. The maximum Gasteiger partial charge on any atom is 0.338 e. The third kappa shape index (κ3) is 5.35. The molecular weight excluding hydrogens is 707 g/mol. The molecule has 1 aliphatic rings. The van der Waals surface area contributed by atoms with E-state index in [0.717, 1.165) is 14.5 Å². The van der Waals surface area contributed by atoms with E-state index in [4.69, 9.17) is 37.1 Å². The Morgan fingerprint density at radius 3 is 2.52 bits per heavy atom. The van der Waals surface area contributed by atoms with Gasteiger partial charge < -0.3 is 13.9 Å². The van der Waals surface area contributed by atoms with Crippen LogP contribution in [0.3, 0.4) is 0 Å². The number of nitrogens with zero attached hydrogens (tertiary/aromatic N) is 2. The van der Waals surface area contributed by atoms with Crippen molar-refractivity contribution in [1.29, 1.82) is 0 Å². The summed E-state index contributed by atoms with van der Waals surface area (Å²) in [5.41, 5.74) is 1.81. The number of carbonyl (C=O) groups is 1. The molecule has 0 amide bonds. The second-order valence-electron chi connectivity index (χ2n) is 8.65. The molecule has 0 saturated heterocycles. The fourth-order valence-corrected chi connectivity index (χ4v) is 7.26. The third-order valence-corrected chi connectivity index (χ3v) is 9.04.